The molecule has 0 aliphatic carbocycles. The minimum atomic E-state index is 0.127. The van der Waals surface area contributed by atoms with Crippen LogP contribution in [-0.4, -0.2) is 9.97 Å². The van der Waals surface area contributed by atoms with Gasteiger partial charge in [-0.15, -0.1) is 0 Å². The van der Waals surface area contributed by atoms with Gasteiger partial charge in [-0.1, -0.05) is 41.5 Å². The average molecular weight is 230 g/mol. The topological polar surface area (TPSA) is 28.7 Å². The van der Waals surface area contributed by atoms with Crippen LogP contribution in [0, 0.1) is 0 Å². The monoisotopic (exact) mass is 230 g/mol. The summed E-state index contributed by atoms with van der Waals surface area (Å²) in [5.41, 5.74) is 4.15. The van der Waals surface area contributed by atoms with Gasteiger partial charge in [0, 0.05) is 22.7 Å². The Morgan fingerprint density at radius 2 is 1.65 bits per heavy atom. The Balaban J connectivity index is 2.84. The van der Waals surface area contributed by atoms with Gasteiger partial charge in [0.15, 0.2) is 0 Å². The molecule has 1 N–H and O–H groups in total. The highest BCUT2D eigenvalue weighted by Crippen LogP contribution is 2.38. The van der Waals surface area contributed by atoms with Crippen LogP contribution in [0.25, 0.3) is 10.9 Å². The smallest absolute Gasteiger partial charge is 0.0645 e. The molecule has 0 saturated heterocycles. The van der Waals surface area contributed by atoms with Crippen molar-refractivity contribution in [2.75, 3.05) is 0 Å². The number of pyridine rings is 1. The Kier molecular flexibility index (Phi) is 2.57. The van der Waals surface area contributed by atoms with Gasteiger partial charge in [0.25, 0.3) is 0 Å². The number of hydrogen-bond donors (Lipinski definition) is 1. The zero-order chi connectivity index (χ0) is 12.8. The van der Waals surface area contributed by atoms with E-state index in [1.54, 1.807) is 0 Å². The van der Waals surface area contributed by atoms with E-state index in [1.165, 1.54) is 16.6 Å². The van der Waals surface area contributed by atoms with E-state index < -0.39 is 0 Å². The van der Waals surface area contributed by atoms with Gasteiger partial charge in [-0.25, -0.2) is 0 Å². The predicted octanol–water partition coefficient (Wildman–Crippen LogP) is 4.16. The highest BCUT2D eigenvalue weighted by atomic mass is 14.8. The molecule has 0 aromatic carbocycles. The molecule has 92 valence electrons. The van der Waals surface area contributed by atoms with Crippen molar-refractivity contribution in [3.8, 4) is 0 Å². The number of H-pyrrole nitrogens is 1. The van der Waals surface area contributed by atoms with E-state index in [4.69, 9.17) is 0 Å². The molecule has 2 heterocycles. The number of fused-ring (bicyclic) bond motifs is 1. The van der Waals surface area contributed by atoms with Crippen molar-refractivity contribution in [1.29, 1.82) is 0 Å². The summed E-state index contributed by atoms with van der Waals surface area (Å²) in [6.45, 7) is 13.6. The highest BCUT2D eigenvalue weighted by molar-refractivity contribution is 5.85. The predicted molar refractivity (Wildman–Crippen MR) is 73.5 cm³/mol. The maximum Gasteiger partial charge on any atom is 0.0645 e. The van der Waals surface area contributed by atoms with Crippen LogP contribution >= 0.6 is 0 Å². The van der Waals surface area contributed by atoms with E-state index in [0.717, 1.165) is 5.52 Å². The van der Waals surface area contributed by atoms with E-state index in [-0.39, 0.29) is 10.8 Å². The van der Waals surface area contributed by atoms with Gasteiger partial charge in [-0.3, -0.25) is 4.98 Å². The van der Waals surface area contributed by atoms with Crippen LogP contribution in [0.15, 0.2) is 18.5 Å². The minimum Gasteiger partial charge on any atom is -0.356 e. The molecular weight excluding hydrogens is 208 g/mol. The number of nitrogens with one attached hydrogen (secondary N) is 1. The van der Waals surface area contributed by atoms with Gasteiger partial charge in [0.2, 0.25) is 0 Å². The Morgan fingerprint density at radius 1 is 1.00 bits per heavy atom. The molecule has 17 heavy (non-hydrogen) atoms. The molecule has 2 aromatic rings. The zero-order valence-corrected chi connectivity index (χ0v) is 11.7. The molecule has 0 spiro atoms. The van der Waals surface area contributed by atoms with Gasteiger partial charge in [0.1, 0.15) is 0 Å². The summed E-state index contributed by atoms with van der Waals surface area (Å²) in [7, 11) is 0. The molecular formula is C15H22N2. The zero-order valence-electron chi connectivity index (χ0n) is 11.7. The largest absolute Gasteiger partial charge is 0.356 e. The molecule has 2 aromatic heterocycles. The Bertz CT molecular complexity index is 536. The van der Waals surface area contributed by atoms with Gasteiger partial charge in [-0.2, -0.15) is 0 Å². The van der Waals surface area contributed by atoms with Crippen LogP contribution in [0.3, 0.4) is 0 Å². The Hall–Kier alpha value is -1.31. The van der Waals surface area contributed by atoms with Crippen molar-refractivity contribution >= 4 is 10.9 Å². The van der Waals surface area contributed by atoms with E-state index >= 15 is 0 Å². The molecule has 0 aliphatic heterocycles. The third kappa shape index (κ3) is 2.08. The van der Waals surface area contributed by atoms with Gasteiger partial charge in [-0.05, 0) is 17.0 Å². The van der Waals surface area contributed by atoms with Crippen molar-refractivity contribution in [1.82, 2.24) is 9.97 Å². The highest BCUT2D eigenvalue weighted by Gasteiger charge is 2.29. The summed E-state index contributed by atoms with van der Waals surface area (Å²) in [5, 5.41) is 1.30. The van der Waals surface area contributed by atoms with Crippen LogP contribution < -0.4 is 0 Å². The minimum absolute atomic E-state index is 0.127. The molecule has 0 saturated carbocycles. The second-order valence-corrected chi connectivity index (χ2v) is 6.80. The maximum absolute atomic E-state index is 4.20. The van der Waals surface area contributed by atoms with Crippen molar-refractivity contribution in [3.63, 3.8) is 0 Å². The third-order valence-electron chi connectivity index (χ3n) is 3.10. The van der Waals surface area contributed by atoms with Crippen LogP contribution in [0.4, 0.5) is 0 Å². The summed E-state index contributed by atoms with van der Waals surface area (Å²) in [4.78, 5) is 7.75. The van der Waals surface area contributed by atoms with Gasteiger partial charge in [0.05, 0.1) is 11.7 Å². The quantitative estimate of drug-likeness (QED) is 0.723. The summed E-state index contributed by atoms with van der Waals surface area (Å²) in [6, 6.07) is 2.11. The van der Waals surface area contributed by atoms with Crippen LogP contribution in [0.1, 0.15) is 52.8 Å². The Morgan fingerprint density at radius 3 is 2.18 bits per heavy atom. The molecule has 0 unspecified atom stereocenters. The second kappa shape index (κ2) is 3.59. The average Bonchev–Trinajstić information content (AvgIpc) is 2.54. The summed E-state index contributed by atoms with van der Waals surface area (Å²) in [6.07, 6.45) is 3.79. The number of nitrogens with zero attached hydrogens (tertiary/aromatic N) is 1. The van der Waals surface area contributed by atoms with Crippen molar-refractivity contribution in [2.45, 2.75) is 52.4 Å². The van der Waals surface area contributed by atoms with Gasteiger partial charge < -0.3 is 4.98 Å². The standard InChI is InChI=1S/C15H22N2/c1-14(2,3)12-10-7-8-16-9-11(10)17-13(12)15(4,5)6/h7-9,17H,1-6H3. The number of aromatic nitrogens is 2. The molecule has 0 radical (unpaired) electrons. The Labute approximate surface area is 103 Å². The molecule has 0 aliphatic rings. The normalized spacial score (nSPS) is 13.3. The lowest BCUT2D eigenvalue weighted by molar-refractivity contribution is 0.524. The fraction of sp³-hybridized carbons (Fsp3) is 0.533. The van der Waals surface area contributed by atoms with Crippen molar-refractivity contribution in [3.05, 3.63) is 29.7 Å². The molecule has 0 atom stereocenters. The molecule has 0 fully saturated rings. The molecule has 2 nitrogen and oxygen atoms in total. The van der Waals surface area contributed by atoms with E-state index in [1.807, 2.05) is 12.4 Å². The lowest BCUT2D eigenvalue weighted by atomic mass is 9.78. The van der Waals surface area contributed by atoms with Crippen LogP contribution in [0.5, 0.6) is 0 Å². The molecule has 0 amide bonds. The van der Waals surface area contributed by atoms with Crippen LogP contribution in [-0.2, 0) is 10.8 Å². The first-order valence-corrected chi connectivity index (χ1v) is 6.18. The van der Waals surface area contributed by atoms with E-state index in [2.05, 4.69) is 57.6 Å². The molecule has 2 rings (SSSR count). The van der Waals surface area contributed by atoms with Gasteiger partial charge >= 0.3 is 0 Å². The lowest BCUT2D eigenvalue weighted by Crippen LogP contribution is -2.21. The third-order valence-corrected chi connectivity index (χ3v) is 3.10. The second-order valence-electron chi connectivity index (χ2n) is 6.80. The first kappa shape index (κ1) is 12.2. The van der Waals surface area contributed by atoms with Crippen molar-refractivity contribution in [2.24, 2.45) is 0 Å². The number of rotatable bonds is 0. The fourth-order valence-corrected chi connectivity index (χ4v) is 2.39. The number of hydrogen-bond acceptors (Lipinski definition) is 1. The summed E-state index contributed by atoms with van der Waals surface area (Å²) in [5.74, 6) is 0. The van der Waals surface area contributed by atoms with Crippen molar-refractivity contribution < 1.29 is 0 Å². The van der Waals surface area contributed by atoms with Crippen LogP contribution in [0.2, 0.25) is 0 Å². The molecule has 0 bridgehead atoms. The lowest BCUT2D eigenvalue weighted by Gasteiger charge is -2.26. The van der Waals surface area contributed by atoms with E-state index in [0.29, 0.717) is 0 Å². The van der Waals surface area contributed by atoms with E-state index in [9.17, 15) is 0 Å². The maximum atomic E-state index is 4.20. The number of aromatic amines is 1. The summed E-state index contributed by atoms with van der Waals surface area (Å²) >= 11 is 0. The SMILES string of the molecule is CC(C)(C)c1[nH]c2cnccc2c1C(C)(C)C. The first-order chi connectivity index (χ1) is 7.71. The molecule has 2 heteroatoms. The first-order valence-electron chi connectivity index (χ1n) is 6.18. The fourth-order valence-electron chi connectivity index (χ4n) is 2.39. The summed E-state index contributed by atoms with van der Waals surface area (Å²) < 4.78 is 0.